The SMILES string of the molecule is CCNC1CCCCC1CN(C)CC1CCOCC1. The van der Waals surface area contributed by atoms with Gasteiger partial charge in [0.1, 0.15) is 0 Å². The molecule has 3 nitrogen and oxygen atoms in total. The molecule has 3 heteroatoms. The molecule has 0 amide bonds. The third-order valence-corrected chi connectivity index (χ3v) is 4.83. The van der Waals surface area contributed by atoms with E-state index in [2.05, 4.69) is 24.2 Å². The van der Waals surface area contributed by atoms with Gasteiger partial charge in [0.05, 0.1) is 0 Å². The average molecular weight is 268 g/mol. The molecule has 1 saturated carbocycles. The lowest BCUT2D eigenvalue weighted by Gasteiger charge is -2.36. The topological polar surface area (TPSA) is 24.5 Å². The van der Waals surface area contributed by atoms with E-state index in [9.17, 15) is 0 Å². The molecule has 1 aliphatic heterocycles. The summed E-state index contributed by atoms with van der Waals surface area (Å²) in [6, 6.07) is 0.760. The predicted molar refractivity (Wildman–Crippen MR) is 80.5 cm³/mol. The van der Waals surface area contributed by atoms with Crippen LogP contribution in [0.25, 0.3) is 0 Å². The van der Waals surface area contributed by atoms with Crippen LogP contribution in [0, 0.1) is 11.8 Å². The maximum absolute atomic E-state index is 5.45. The van der Waals surface area contributed by atoms with Crippen LogP contribution in [-0.2, 0) is 4.74 Å². The monoisotopic (exact) mass is 268 g/mol. The minimum atomic E-state index is 0.760. The second kappa shape index (κ2) is 8.23. The van der Waals surface area contributed by atoms with Gasteiger partial charge in [0.15, 0.2) is 0 Å². The van der Waals surface area contributed by atoms with Gasteiger partial charge in [0, 0.05) is 32.3 Å². The first kappa shape index (κ1) is 15.3. The first-order valence-electron chi connectivity index (χ1n) is 8.29. The molecule has 0 aromatic heterocycles. The average Bonchev–Trinajstić information content (AvgIpc) is 2.42. The lowest BCUT2D eigenvalue weighted by molar-refractivity contribution is 0.0521. The zero-order valence-corrected chi connectivity index (χ0v) is 12.9. The molecule has 0 bridgehead atoms. The lowest BCUT2D eigenvalue weighted by Crippen LogP contribution is -2.44. The molecule has 1 N–H and O–H groups in total. The number of nitrogens with one attached hydrogen (secondary N) is 1. The molecule has 0 spiro atoms. The first-order valence-corrected chi connectivity index (χ1v) is 8.29. The Labute approximate surface area is 119 Å². The summed E-state index contributed by atoms with van der Waals surface area (Å²) in [7, 11) is 2.31. The van der Waals surface area contributed by atoms with Gasteiger partial charge in [-0.05, 0) is 51.1 Å². The van der Waals surface area contributed by atoms with Gasteiger partial charge in [0.25, 0.3) is 0 Å². The van der Waals surface area contributed by atoms with Crippen molar-refractivity contribution in [3.8, 4) is 0 Å². The highest BCUT2D eigenvalue weighted by atomic mass is 16.5. The normalized spacial score (nSPS) is 29.8. The van der Waals surface area contributed by atoms with Crippen molar-refractivity contribution in [1.29, 1.82) is 0 Å². The summed E-state index contributed by atoms with van der Waals surface area (Å²) in [4.78, 5) is 2.58. The van der Waals surface area contributed by atoms with Crippen LogP contribution >= 0.6 is 0 Å². The lowest BCUT2D eigenvalue weighted by atomic mass is 9.84. The molecular weight excluding hydrogens is 236 g/mol. The Morgan fingerprint density at radius 1 is 1.05 bits per heavy atom. The second-order valence-corrected chi connectivity index (χ2v) is 6.49. The number of nitrogens with zero attached hydrogens (tertiary/aromatic N) is 1. The summed E-state index contributed by atoms with van der Waals surface area (Å²) < 4.78 is 5.45. The molecule has 0 aromatic rings. The minimum Gasteiger partial charge on any atom is -0.381 e. The molecular formula is C16H32N2O. The summed E-state index contributed by atoms with van der Waals surface area (Å²) in [6.07, 6.45) is 8.15. The van der Waals surface area contributed by atoms with E-state index in [1.165, 1.54) is 51.6 Å². The molecule has 1 saturated heterocycles. The maximum atomic E-state index is 5.45. The highest BCUT2D eigenvalue weighted by Crippen LogP contribution is 2.26. The van der Waals surface area contributed by atoms with E-state index < -0.39 is 0 Å². The van der Waals surface area contributed by atoms with E-state index in [0.29, 0.717) is 0 Å². The van der Waals surface area contributed by atoms with E-state index in [1.54, 1.807) is 0 Å². The van der Waals surface area contributed by atoms with Crippen molar-refractivity contribution in [3.63, 3.8) is 0 Å². The van der Waals surface area contributed by atoms with Crippen molar-refractivity contribution in [2.45, 2.75) is 51.5 Å². The van der Waals surface area contributed by atoms with Crippen molar-refractivity contribution >= 4 is 0 Å². The van der Waals surface area contributed by atoms with Gasteiger partial charge in [0.2, 0.25) is 0 Å². The number of hydrogen-bond acceptors (Lipinski definition) is 3. The predicted octanol–water partition coefficient (Wildman–Crippen LogP) is 2.51. The molecule has 112 valence electrons. The summed E-state index contributed by atoms with van der Waals surface area (Å²) in [6.45, 7) is 7.83. The zero-order chi connectivity index (χ0) is 13.5. The fraction of sp³-hybridized carbons (Fsp3) is 1.00. The Hall–Kier alpha value is -0.120. The van der Waals surface area contributed by atoms with Crippen LogP contribution in [0.15, 0.2) is 0 Å². The van der Waals surface area contributed by atoms with Crippen LogP contribution in [0.3, 0.4) is 0 Å². The molecule has 2 atom stereocenters. The quantitative estimate of drug-likeness (QED) is 0.801. The van der Waals surface area contributed by atoms with Gasteiger partial charge < -0.3 is 15.0 Å². The Morgan fingerprint density at radius 3 is 2.53 bits per heavy atom. The van der Waals surface area contributed by atoms with Crippen molar-refractivity contribution < 1.29 is 4.74 Å². The third-order valence-electron chi connectivity index (χ3n) is 4.83. The zero-order valence-electron chi connectivity index (χ0n) is 12.9. The minimum absolute atomic E-state index is 0.760. The van der Waals surface area contributed by atoms with E-state index in [-0.39, 0.29) is 0 Å². The largest absolute Gasteiger partial charge is 0.381 e. The van der Waals surface area contributed by atoms with Crippen LogP contribution in [0.5, 0.6) is 0 Å². The van der Waals surface area contributed by atoms with E-state index in [0.717, 1.165) is 37.6 Å². The number of hydrogen-bond donors (Lipinski definition) is 1. The van der Waals surface area contributed by atoms with Crippen LogP contribution in [0.4, 0.5) is 0 Å². The van der Waals surface area contributed by atoms with E-state index >= 15 is 0 Å². The molecule has 2 fully saturated rings. The molecule has 2 rings (SSSR count). The summed E-state index contributed by atoms with van der Waals surface area (Å²) in [5.41, 5.74) is 0. The fourth-order valence-electron chi connectivity index (χ4n) is 3.80. The maximum Gasteiger partial charge on any atom is 0.0469 e. The molecule has 0 aromatic carbocycles. The van der Waals surface area contributed by atoms with Crippen LogP contribution < -0.4 is 5.32 Å². The number of ether oxygens (including phenoxy) is 1. The third kappa shape index (κ3) is 5.05. The van der Waals surface area contributed by atoms with Crippen LogP contribution in [-0.4, -0.2) is 50.8 Å². The number of rotatable bonds is 6. The fourth-order valence-corrected chi connectivity index (χ4v) is 3.80. The van der Waals surface area contributed by atoms with Crippen LogP contribution in [0.1, 0.15) is 45.4 Å². The molecule has 2 unspecified atom stereocenters. The summed E-state index contributed by atoms with van der Waals surface area (Å²) >= 11 is 0. The van der Waals surface area contributed by atoms with Gasteiger partial charge in [-0.25, -0.2) is 0 Å². The Morgan fingerprint density at radius 2 is 1.79 bits per heavy atom. The second-order valence-electron chi connectivity index (χ2n) is 6.49. The smallest absolute Gasteiger partial charge is 0.0469 e. The Kier molecular flexibility index (Phi) is 6.62. The van der Waals surface area contributed by atoms with Gasteiger partial charge in [-0.1, -0.05) is 19.8 Å². The van der Waals surface area contributed by atoms with Crippen molar-refractivity contribution in [2.75, 3.05) is 39.9 Å². The molecule has 1 aliphatic carbocycles. The van der Waals surface area contributed by atoms with Crippen LogP contribution in [0.2, 0.25) is 0 Å². The van der Waals surface area contributed by atoms with Gasteiger partial charge in [-0.3, -0.25) is 0 Å². The highest BCUT2D eigenvalue weighted by Gasteiger charge is 2.26. The Balaban J connectivity index is 1.74. The standard InChI is InChI=1S/C16H32N2O/c1-3-17-16-7-5-4-6-15(16)13-18(2)12-14-8-10-19-11-9-14/h14-17H,3-13H2,1-2H3. The molecule has 2 aliphatic rings. The van der Waals surface area contributed by atoms with E-state index in [4.69, 9.17) is 4.74 Å². The molecule has 1 heterocycles. The molecule has 19 heavy (non-hydrogen) atoms. The summed E-state index contributed by atoms with van der Waals surface area (Å²) in [5, 5.41) is 3.70. The van der Waals surface area contributed by atoms with Gasteiger partial charge in [-0.15, -0.1) is 0 Å². The molecule has 0 radical (unpaired) electrons. The van der Waals surface area contributed by atoms with Gasteiger partial charge in [-0.2, -0.15) is 0 Å². The van der Waals surface area contributed by atoms with E-state index in [1.807, 2.05) is 0 Å². The summed E-state index contributed by atoms with van der Waals surface area (Å²) in [5.74, 6) is 1.72. The Bertz CT molecular complexity index is 239. The van der Waals surface area contributed by atoms with Crippen molar-refractivity contribution in [1.82, 2.24) is 10.2 Å². The van der Waals surface area contributed by atoms with Crippen molar-refractivity contribution in [3.05, 3.63) is 0 Å². The van der Waals surface area contributed by atoms with Crippen molar-refractivity contribution in [2.24, 2.45) is 11.8 Å². The first-order chi connectivity index (χ1) is 9.29. The van der Waals surface area contributed by atoms with Gasteiger partial charge >= 0.3 is 0 Å². The highest BCUT2D eigenvalue weighted by molar-refractivity contribution is 4.83.